The summed E-state index contributed by atoms with van der Waals surface area (Å²) >= 11 is 0. The summed E-state index contributed by atoms with van der Waals surface area (Å²) in [6.45, 7) is 16.1. The van der Waals surface area contributed by atoms with Gasteiger partial charge in [-0.05, 0) is 33.9 Å². The summed E-state index contributed by atoms with van der Waals surface area (Å²) in [6.07, 6.45) is 3.96. The largest absolute Gasteiger partial charge is 0.333 e. The number of nitrogens with zero attached hydrogens (tertiary/aromatic N) is 3. The van der Waals surface area contributed by atoms with E-state index in [1.54, 1.807) is 0 Å². The minimum atomic E-state index is 0.135. The Labute approximate surface area is 111 Å². The molecule has 0 fully saturated rings. The van der Waals surface area contributed by atoms with Crippen molar-refractivity contribution in [1.29, 1.82) is 0 Å². The zero-order valence-electron chi connectivity index (χ0n) is 12.5. The number of rotatable bonds is 7. The number of imidazole rings is 1. The molecule has 0 atom stereocenters. The van der Waals surface area contributed by atoms with Crippen LogP contribution in [0.25, 0.3) is 0 Å². The van der Waals surface area contributed by atoms with Crippen LogP contribution in [-0.4, -0.2) is 39.6 Å². The summed E-state index contributed by atoms with van der Waals surface area (Å²) < 4.78 is 2.25. The molecular formula is C14H28N4. The van der Waals surface area contributed by atoms with E-state index in [9.17, 15) is 0 Å². The molecule has 0 saturated carbocycles. The molecule has 0 spiro atoms. The first-order chi connectivity index (χ1) is 8.46. The maximum absolute atomic E-state index is 4.43. The average Bonchev–Trinajstić information content (AvgIpc) is 2.74. The van der Waals surface area contributed by atoms with Gasteiger partial charge in [-0.3, -0.25) is 0 Å². The fourth-order valence-electron chi connectivity index (χ4n) is 1.84. The van der Waals surface area contributed by atoms with Crippen molar-refractivity contribution in [3.63, 3.8) is 0 Å². The Hall–Kier alpha value is -0.870. The molecule has 4 heteroatoms. The average molecular weight is 252 g/mol. The Morgan fingerprint density at radius 2 is 1.94 bits per heavy atom. The van der Waals surface area contributed by atoms with Crippen molar-refractivity contribution in [2.45, 2.75) is 53.2 Å². The second kappa shape index (κ2) is 6.90. The van der Waals surface area contributed by atoms with Crippen LogP contribution >= 0.6 is 0 Å². The van der Waals surface area contributed by atoms with E-state index in [0.29, 0.717) is 0 Å². The van der Waals surface area contributed by atoms with Crippen molar-refractivity contribution < 1.29 is 0 Å². The van der Waals surface area contributed by atoms with E-state index in [1.165, 1.54) is 0 Å². The zero-order valence-corrected chi connectivity index (χ0v) is 12.5. The van der Waals surface area contributed by atoms with Gasteiger partial charge in [0.2, 0.25) is 0 Å². The fraction of sp³-hybridized carbons (Fsp3) is 0.786. The van der Waals surface area contributed by atoms with Crippen molar-refractivity contribution in [3.8, 4) is 0 Å². The Kier molecular flexibility index (Phi) is 5.82. The highest BCUT2D eigenvalue weighted by atomic mass is 15.2. The normalized spacial score (nSPS) is 12.3. The number of nitrogens with one attached hydrogen (secondary N) is 1. The van der Waals surface area contributed by atoms with E-state index in [2.05, 4.69) is 60.6 Å². The molecule has 0 amide bonds. The molecule has 0 aliphatic carbocycles. The highest BCUT2D eigenvalue weighted by Gasteiger charge is 2.11. The first kappa shape index (κ1) is 15.2. The SMILES string of the molecule is CCN(CC)CCn1ccnc1CNC(C)(C)C. The predicted molar refractivity (Wildman–Crippen MR) is 76.6 cm³/mol. The Morgan fingerprint density at radius 3 is 2.50 bits per heavy atom. The molecule has 4 nitrogen and oxygen atoms in total. The Bertz CT molecular complexity index is 334. The first-order valence-electron chi connectivity index (χ1n) is 6.93. The molecule has 0 radical (unpaired) electrons. The molecule has 0 unspecified atom stereocenters. The highest BCUT2D eigenvalue weighted by Crippen LogP contribution is 2.03. The van der Waals surface area contributed by atoms with Crippen LogP contribution in [0.5, 0.6) is 0 Å². The van der Waals surface area contributed by atoms with Gasteiger partial charge in [0.05, 0.1) is 6.54 Å². The quantitative estimate of drug-likeness (QED) is 0.807. The van der Waals surface area contributed by atoms with Crippen molar-refractivity contribution in [1.82, 2.24) is 19.8 Å². The van der Waals surface area contributed by atoms with Crippen LogP contribution < -0.4 is 5.32 Å². The van der Waals surface area contributed by atoms with Crippen LogP contribution in [0.1, 0.15) is 40.4 Å². The van der Waals surface area contributed by atoms with Gasteiger partial charge in [-0.25, -0.2) is 4.98 Å². The molecule has 0 aliphatic heterocycles. The second-order valence-electron chi connectivity index (χ2n) is 5.67. The van der Waals surface area contributed by atoms with Crippen LogP contribution in [0, 0.1) is 0 Å². The molecule has 104 valence electrons. The third kappa shape index (κ3) is 5.19. The maximum Gasteiger partial charge on any atom is 0.122 e. The molecule has 1 heterocycles. The van der Waals surface area contributed by atoms with Gasteiger partial charge in [0.15, 0.2) is 0 Å². The van der Waals surface area contributed by atoms with E-state index in [0.717, 1.165) is 38.5 Å². The van der Waals surface area contributed by atoms with Gasteiger partial charge < -0.3 is 14.8 Å². The molecule has 1 rings (SSSR count). The summed E-state index contributed by atoms with van der Waals surface area (Å²) in [7, 11) is 0. The van der Waals surface area contributed by atoms with Crippen molar-refractivity contribution >= 4 is 0 Å². The summed E-state index contributed by atoms with van der Waals surface area (Å²) in [5.41, 5.74) is 0.135. The fourth-order valence-corrected chi connectivity index (χ4v) is 1.84. The van der Waals surface area contributed by atoms with Crippen molar-refractivity contribution in [2.24, 2.45) is 0 Å². The number of likely N-dealkylation sites (N-methyl/N-ethyl adjacent to an activating group) is 1. The van der Waals surface area contributed by atoms with Crippen LogP contribution in [0.15, 0.2) is 12.4 Å². The number of hydrogen-bond donors (Lipinski definition) is 1. The highest BCUT2D eigenvalue weighted by molar-refractivity contribution is 4.93. The molecule has 18 heavy (non-hydrogen) atoms. The summed E-state index contributed by atoms with van der Waals surface area (Å²) in [5, 5.41) is 3.48. The lowest BCUT2D eigenvalue weighted by Gasteiger charge is -2.22. The van der Waals surface area contributed by atoms with Gasteiger partial charge in [-0.15, -0.1) is 0 Å². The first-order valence-corrected chi connectivity index (χ1v) is 6.93. The van der Waals surface area contributed by atoms with Crippen LogP contribution in [-0.2, 0) is 13.1 Å². The van der Waals surface area contributed by atoms with Gasteiger partial charge >= 0.3 is 0 Å². The lowest BCUT2D eigenvalue weighted by molar-refractivity contribution is 0.288. The summed E-state index contributed by atoms with van der Waals surface area (Å²) in [5.74, 6) is 1.12. The number of hydrogen-bond acceptors (Lipinski definition) is 3. The molecule has 0 bridgehead atoms. The van der Waals surface area contributed by atoms with E-state index in [-0.39, 0.29) is 5.54 Å². The Balaban J connectivity index is 2.49. The van der Waals surface area contributed by atoms with E-state index in [1.807, 2.05) is 6.20 Å². The molecule has 1 aromatic rings. The van der Waals surface area contributed by atoms with Gasteiger partial charge in [0.1, 0.15) is 5.82 Å². The monoisotopic (exact) mass is 252 g/mol. The van der Waals surface area contributed by atoms with E-state index < -0.39 is 0 Å². The Morgan fingerprint density at radius 1 is 1.28 bits per heavy atom. The summed E-state index contributed by atoms with van der Waals surface area (Å²) in [4.78, 5) is 6.86. The lowest BCUT2D eigenvalue weighted by Crippen LogP contribution is -2.36. The van der Waals surface area contributed by atoms with E-state index >= 15 is 0 Å². The number of aromatic nitrogens is 2. The lowest BCUT2D eigenvalue weighted by atomic mass is 10.1. The summed E-state index contributed by atoms with van der Waals surface area (Å²) in [6, 6.07) is 0. The van der Waals surface area contributed by atoms with E-state index in [4.69, 9.17) is 0 Å². The van der Waals surface area contributed by atoms with Gasteiger partial charge in [-0.1, -0.05) is 13.8 Å². The molecule has 0 aliphatic rings. The minimum Gasteiger partial charge on any atom is -0.333 e. The van der Waals surface area contributed by atoms with Crippen molar-refractivity contribution in [2.75, 3.05) is 19.6 Å². The third-order valence-corrected chi connectivity index (χ3v) is 3.13. The topological polar surface area (TPSA) is 33.1 Å². The molecule has 1 N–H and O–H groups in total. The molecule has 1 aromatic heterocycles. The maximum atomic E-state index is 4.43. The van der Waals surface area contributed by atoms with Gasteiger partial charge in [-0.2, -0.15) is 0 Å². The standard InChI is InChI=1S/C14H28N4/c1-6-17(7-2)10-11-18-9-8-15-13(18)12-16-14(3,4)5/h8-9,16H,6-7,10-12H2,1-5H3. The smallest absolute Gasteiger partial charge is 0.122 e. The molecule has 0 aromatic carbocycles. The van der Waals surface area contributed by atoms with Crippen LogP contribution in [0.4, 0.5) is 0 Å². The second-order valence-corrected chi connectivity index (χ2v) is 5.67. The molecular weight excluding hydrogens is 224 g/mol. The van der Waals surface area contributed by atoms with Crippen LogP contribution in [0.2, 0.25) is 0 Å². The van der Waals surface area contributed by atoms with Crippen LogP contribution in [0.3, 0.4) is 0 Å². The zero-order chi connectivity index (χ0) is 13.6. The van der Waals surface area contributed by atoms with Gasteiger partial charge in [0, 0.05) is 31.0 Å². The van der Waals surface area contributed by atoms with Crippen molar-refractivity contribution in [3.05, 3.63) is 18.2 Å². The van der Waals surface area contributed by atoms with Gasteiger partial charge in [0.25, 0.3) is 0 Å². The molecule has 0 saturated heterocycles. The predicted octanol–water partition coefficient (Wildman–Crippen LogP) is 2.11. The minimum absolute atomic E-state index is 0.135. The third-order valence-electron chi connectivity index (χ3n) is 3.13.